The molecule has 1 aliphatic heterocycles. The third-order valence-corrected chi connectivity index (χ3v) is 7.82. The second-order valence-electron chi connectivity index (χ2n) is 8.47. The summed E-state index contributed by atoms with van der Waals surface area (Å²) in [4.78, 5) is 0.530. The Morgan fingerprint density at radius 3 is 2.05 bits per heavy atom. The first-order chi connectivity index (χ1) is 16.8. The zero-order valence-electron chi connectivity index (χ0n) is 21.2. The predicted molar refractivity (Wildman–Crippen MR) is 135 cm³/mol. The maximum atomic E-state index is 12.3. The van der Waals surface area contributed by atoms with Gasteiger partial charge < -0.3 is 18.4 Å². The summed E-state index contributed by atoms with van der Waals surface area (Å²) < 4.78 is 79.6. The Kier molecular flexibility index (Phi) is 8.60. The van der Waals surface area contributed by atoms with Gasteiger partial charge in [0.25, 0.3) is 0 Å². The molecule has 0 radical (unpaired) electrons. The van der Waals surface area contributed by atoms with Gasteiger partial charge in [0.2, 0.25) is 5.36 Å². The van der Waals surface area contributed by atoms with E-state index < -0.39 is 30.0 Å². The molecule has 0 amide bonds. The Morgan fingerprint density at radius 2 is 1.49 bits per heavy atom. The van der Waals surface area contributed by atoms with Crippen LogP contribution in [0.25, 0.3) is 33.4 Å². The van der Waals surface area contributed by atoms with Gasteiger partial charge in [0.05, 0.1) is 15.9 Å². The van der Waals surface area contributed by atoms with E-state index in [0.717, 1.165) is 30.2 Å². The number of anilines is 1. The van der Waals surface area contributed by atoms with Crippen molar-refractivity contribution < 1.29 is 59.9 Å². The number of hydrogen-bond acceptors (Lipinski definition) is 8. The summed E-state index contributed by atoms with van der Waals surface area (Å²) in [6.45, 7) is 5.57. The molecule has 0 aromatic heterocycles. The van der Waals surface area contributed by atoms with Gasteiger partial charge in [0.15, 0.2) is 0 Å². The second kappa shape index (κ2) is 10.9. The van der Waals surface area contributed by atoms with E-state index in [0.29, 0.717) is 33.9 Å². The predicted octanol–water partition coefficient (Wildman–Crippen LogP) is -0.105. The molecule has 2 aromatic rings. The summed E-state index contributed by atoms with van der Waals surface area (Å²) in [6, 6.07) is 13.7. The maximum Gasteiger partial charge on any atom is 1.00 e. The van der Waals surface area contributed by atoms with Gasteiger partial charge in [-0.15, -0.1) is 0 Å². The minimum absolute atomic E-state index is 0. The van der Waals surface area contributed by atoms with Gasteiger partial charge in [-0.1, -0.05) is 6.07 Å². The first-order valence-electron chi connectivity index (χ1n) is 11.2. The smallest absolute Gasteiger partial charge is 0.744 e. The van der Waals surface area contributed by atoms with Gasteiger partial charge in [-0.3, -0.25) is 0 Å². The van der Waals surface area contributed by atoms with Crippen molar-refractivity contribution in [2.45, 2.75) is 23.6 Å². The SMILES string of the molecule is CCN(CC)c1ccc2c(-c3ccc(S(=O)(=O)[O-])cc3S(=O)(=O)[O-])c3ccc(=[N+](C)C)cc-3oc2c1.[Na+]. The topological polar surface area (TPSA) is 134 Å². The van der Waals surface area contributed by atoms with Gasteiger partial charge in [-0.2, -0.15) is 0 Å². The third kappa shape index (κ3) is 5.78. The minimum atomic E-state index is -5.15. The summed E-state index contributed by atoms with van der Waals surface area (Å²) >= 11 is 0. The van der Waals surface area contributed by atoms with Crippen LogP contribution in [-0.4, -0.2) is 53.1 Å². The molecular weight excluding hydrogens is 527 g/mol. The number of hydrogen-bond donors (Lipinski definition) is 0. The molecule has 0 bridgehead atoms. The zero-order chi connectivity index (χ0) is 26.4. The number of nitrogens with zero attached hydrogens (tertiary/aromatic N) is 2. The van der Waals surface area contributed by atoms with Crippen LogP contribution in [0.5, 0.6) is 0 Å². The summed E-state index contributed by atoms with van der Waals surface area (Å²) in [5, 5.41) is 1.36. The van der Waals surface area contributed by atoms with Gasteiger partial charge in [0, 0.05) is 53.0 Å². The first kappa shape index (κ1) is 29.3. The largest absolute Gasteiger partial charge is 1.00 e. The molecule has 0 fully saturated rings. The Bertz CT molecular complexity index is 1740. The van der Waals surface area contributed by atoms with E-state index in [-0.39, 0.29) is 35.1 Å². The normalized spacial score (nSPS) is 11.9. The van der Waals surface area contributed by atoms with Gasteiger partial charge in [0.1, 0.15) is 45.7 Å². The molecule has 1 heterocycles. The van der Waals surface area contributed by atoms with Crippen LogP contribution in [0.3, 0.4) is 0 Å². The van der Waals surface area contributed by atoms with Crippen molar-refractivity contribution in [3.63, 3.8) is 0 Å². The Hall–Kier alpha value is -2.25. The van der Waals surface area contributed by atoms with Crippen LogP contribution in [0.15, 0.2) is 68.8 Å². The van der Waals surface area contributed by atoms with Crippen LogP contribution in [0.4, 0.5) is 5.69 Å². The molecule has 0 unspecified atom stereocenters. The van der Waals surface area contributed by atoms with Crippen molar-refractivity contribution in [1.29, 1.82) is 0 Å². The molecule has 2 aliphatic rings. The number of fused-ring (bicyclic) bond motifs is 2. The van der Waals surface area contributed by atoms with E-state index in [4.69, 9.17) is 4.42 Å². The molecule has 0 spiro atoms. The summed E-state index contributed by atoms with van der Waals surface area (Å²) in [5.41, 5.74) is 2.23. The van der Waals surface area contributed by atoms with Crippen molar-refractivity contribution >= 4 is 36.9 Å². The van der Waals surface area contributed by atoms with Gasteiger partial charge in [-0.25, -0.2) is 21.4 Å². The van der Waals surface area contributed by atoms with Crippen LogP contribution >= 0.6 is 0 Å². The summed E-state index contributed by atoms with van der Waals surface area (Å²) in [6.07, 6.45) is 0. The quantitative estimate of drug-likeness (QED) is 0.140. The second-order valence-corrected chi connectivity index (χ2v) is 11.2. The summed E-state index contributed by atoms with van der Waals surface area (Å²) in [5.74, 6) is 0.440. The van der Waals surface area contributed by atoms with Gasteiger partial charge >= 0.3 is 29.6 Å². The van der Waals surface area contributed by atoms with Gasteiger partial charge in [-0.05, 0) is 44.2 Å². The molecule has 9 nitrogen and oxygen atoms in total. The van der Waals surface area contributed by atoms with Crippen molar-refractivity contribution in [2.75, 3.05) is 32.1 Å². The Balaban J connectivity index is 0.00000380. The molecular formula is C25H25N2NaO7S2. The van der Waals surface area contributed by atoms with Crippen LogP contribution < -0.4 is 44.4 Å². The number of rotatable bonds is 6. The van der Waals surface area contributed by atoms with Crippen LogP contribution in [0.1, 0.15) is 13.8 Å². The van der Waals surface area contributed by atoms with E-state index in [1.807, 2.05) is 50.7 Å². The fourth-order valence-corrected chi connectivity index (χ4v) is 5.58. The van der Waals surface area contributed by atoms with Crippen molar-refractivity contribution in [3.8, 4) is 22.5 Å². The van der Waals surface area contributed by atoms with Crippen molar-refractivity contribution in [1.82, 2.24) is 4.58 Å². The average molecular weight is 553 g/mol. The van der Waals surface area contributed by atoms with E-state index in [9.17, 15) is 25.9 Å². The van der Waals surface area contributed by atoms with E-state index in [1.165, 1.54) is 6.07 Å². The van der Waals surface area contributed by atoms with Crippen LogP contribution in [0.2, 0.25) is 0 Å². The molecule has 190 valence electrons. The Labute approximate surface area is 238 Å². The molecule has 12 heteroatoms. The number of benzene rings is 3. The fourth-order valence-electron chi connectivity index (χ4n) is 4.29. The zero-order valence-corrected chi connectivity index (χ0v) is 24.8. The Morgan fingerprint density at radius 1 is 0.838 bits per heavy atom. The monoisotopic (exact) mass is 552 g/mol. The first-order valence-corrected chi connectivity index (χ1v) is 14.0. The average Bonchev–Trinajstić information content (AvgIpc) is 2.81. The molecule has 0 N–H and O–H groups in total. The molecule has 0 saturated heterocycles. The fraction of sp³-hybridized carbons (Fsp3) is 0.240. The van der Waals surface area contributed by atoms with E-state index >= 15 is 0 Å². The van der Waals surface area contributed by atoms with Crippen LogP contribution in [0, 0.1) is 0 Å². The standard InChI is InChI=1S/C25H26N2O7S2.Na/c1-5-27(6-2)17-8-11-20-23(14-17)34-22-13-16(26(3)4)7-10-19(22)25(20)21-12-9-18(35(28,29)30)15-24(21)36(31,32)33;/h7-15H,5-6H2,1-4H3,(H-,28,29,30,31,32,33);/q;+1/p-1. The molecule has 0 saturated carbocycles. The van der Waals surface area contributed by atoms with Crippen molar-refractivity contribution in [3.05, 3.63) is 60.0 Å². The molecule has 4 rings (SSSR count). The van der Waals surface area contributed by atoms with Crippen LogP contribution in [-0.2, 0) is 20.2 Å². The molecule has 0 atom stereocenters. The van der Waals surface area contributed by atoms with E-state index in [2.05, 4.69) is 4.90 Å². The maximum absolute atomic E-state index is 12.3. The molecule has 2 aromatic carbocycles. The van der Waals surface area contributed by atoms with Crippen molar-refractivity contribution in [2.24, 2.45) is 0 Å². The summed E-state index contributed by atoms with van der Waals surface area (Å²) in [7, 11) is -6.41. The molecule has 37 heavy (non-hydrogen) atoms. The minimum Gasteiger partial charge on any atom is -0.744 e. The molecule has 1 aliphatic carbocycles. The van der Waals surface area contributed by atoms with E-state index in [1.54, 1.807) is 18.2 Å². The third-order valence-electron chi connectivity index (χ3n) is 6.11.